The van der Waals surface area contributed by atoms with Gasteiger partial charge in [-0.1, -0.05) is 30.3 Å². The lowest BCUT2D eigenvalue weighted by Crippen LogP contribution is -2.52. The van der Waals surface area contributed by atoms with Gasteiger partial charge in [-0.15, -0.1) is 0 Å². The second kappa shape index (κ2) is 12.6. The normalized spacial score (nSPS) is 12.1. The number of methoxy groups -OCH3 is 1. The average Bonchev–Trinajstić information content (AvgIpc) is 2.90. The Hall–Kier alpha value is -3.92. The number of carbonyl (C=O) groups excluding carboxylic acids is 2. The lowest BCUT2D eigenvalue weighted by molar-refractivity contribution is -0.139. The van der Waals surface area contributed by atoms with Gasteiger partial charge < -0.3 is 15.0 Å². The fourth-order valence-corrected chi connectivity index (χ4v) is 5.19. The quantitative estimate of drug-likeness (QED) is 0.396. The molecule has 0 saturated carbocycles. The highest BCUT2D eigenvalue weighted by Gasteiger charge is 2.32. The molecular formula is C28H32FN3O5S. The van der Waals surface area contributed by atoms with Crippen LogP contribution in [0.3, 0.4) is 0 Å². The SMILES string of the molecule is COc1ccc(CN(C(=O)CN(c2ccccc2)S(=O)(=O)c2ccc(F)cc2)[C@@H](C)C(=O)NC(C)C)cc1. The van der Waals surface area contributed by atoms with E-state index in [0.29, 0.717) is 5.75 Å². The number of sulfonamides is 1. The molecule has 0 aliphatic heterocycles. The second-order valence-corrected chi connectivity index (χ2v) is 10.9. The molecule has 3 rings (SSSR count). The summed E-state index contributed by atoms with van der Waals surface area (Å²) in [6.45, 7) is 4.72. The van der Waals surface area contributed by atoms with Gasteiger partial charge in [0.25, 0.3) is 10.0 Å². The van der Waals surface area contributed by atoms with Gasteiger partial charge in [-0.3, -0.25) is 13.9 Å². The molecule has 8 nitrogen and oxygen atoms in total. The van der Waals surface area contributed by atoms with Crippen LogP contribution in [0.25, 0.3) is 0 Å². The first kappa shape index (κ1) is 28.6. The third kappa shape index (κ3) is 7.10. The first-order valence-corrected chi connectivity index (χ1v) is 13.5. The number of halogens is 1. The Bertz CT molecular complexity index is 1330. The van der Waals surface area contributed by atoms with Crippen LogP contribution in [-0.4, -0.2) is 50.9 Å². The Morgan fingerprint density at radius 3 is 2.08 bits per heavy atom. The monoisotopic (exact) mass is 541 g/mol. The van der Waals surface area contributed by atoms with E-state index in [1.165, 1.54) is 4.90 Å². The third-order valence-electron chi connectivity index (χ3n) is 5.83. The number of nitrogens with one attached hydrogen (secondary N) is 1. The molecule has 1 N–H and O–H groups in total. The van der Waals surface area contributed by atoms with Gasteiger partial charge in [-0.2, -0.15) is 0 Å². The Morgan fingerprint density at radius 2 is 1.53 bits per heavy atom. The smallest absolute Gasteiger partial charge is 0.264 e. The Labute approximate surface area is 223 Å². The molecule has 202 valence electrons. The molecule has 3 aromatic rings. The molecule has 10 heteroatoms. The zero-order valence-electron chi connectivity index (χ0n) is 21.8. The van der Waals surface area contributed by atoms with Crippen molar-refractivity contribution in [2.45, 2.75) is 44.3 Å². The van der Waals surface area contributed by atoms with E-state index in [-0.39, 0.29) is 29.1 Å². The van der Waals surface area contributed by atoms with Gasteiger partial charge in [-0.25, -0.2) is 12.8 Å². The number of nitrogens with zero attached hydrogens (tertiary/aromatic N) is 2. The fourth-order valence-electron chi connectivity index (χ4n) is 3.77. The summed E-state index contributed by atoms with van der Waals surface area (Å²) in [5, 5.41) is 2.81. The minimum absolute atomic E-state index is 0.0642. The van der Waals surface area contributed by atoms with E-state index in [1.807, 2.05) is 13.8 Å². The summed E-state index contributed by atoms with van der Waals surface area (Å²) in [6.07, 6.45) is 0. The lowest BCUT2D eigenvalue weighted by Gasteiger charge is -2.32. The summed E-state index contributed by atoms with van der Waals surface area (Å²) in [6, 6.07) is 18.6. The van der Waals surface area contributed by atoms with Gasteiger partial charge in [0.05, 0.1) is 17.7 Å². The highest BCUT2D eigenvalue weighted by Crippen LogP contribution is 2.25. The van der Waals surface area contributed by atoms with E-state index in [0.717, 1.165) is 34.1 Å². The van der Waals surface area contributed by atoms with Crippen molar-refractivity contribution in [3.05, 3.63) is 90.2 Å². The summed E-state index contributed by atoms with van der Waals surface area (Å²) in [7, 11) is -2.70. The summed E-state index contributed by atoms with van der Waals surface area (Å²) >= 11 is 0. The predicted octanol–water partition coefficient (Wildman–Crippen LogP) is 3.97. The van der Waals surface area contributed by atoms with Gasteiger partial charge >= 0.3 is 0 Å². The molecule has 0 radical (unpaired) electrons. The van der Waals surface area contributed by atoms with Crippen LogP contribution in [-0.2, 0) is 26.2 Å². The first-order valence-electron chi connectivity index (χ1n) is 12.1. The van der Waals surface area contributed by atoms with Crippen molar-refractivity contribution in [1.29, 1.82) is 0 Å². The van der Waals surface area contributed by atoms with Crippen molar-refractivity contribution >= 4 is 27.5 Å². The molecular weight excluding hydrogens is 509 g/mol. The predicted molar refractivity (Wildman–Crippen MR) is 144 cm³/mol. The Morgan fingerprint density at radius 1 is 0.921 bits per heavy atom. The van der Waals surface area contributed by atoms with Gasteiger partial charge in [0.15, 0.2) is 0 Å². The maximum absolute atomic E-state index is 13.8. The number of benzene rings is 3. The largest absolute Gasteiger partial charge is 0.497 e. The standard InChI is InChI=1S/C28H32FN3O5S/c1-20(2)30-28(34)21(3)31(18-22-10-14-25(37-4)15-11-22)27(33)19-32(24-8-6-5-7-9-24)38(35,36)26-16-12-23(29)13-17-26/h5-17,20-21H,18-19H2,1-4H3,(H,30,34)/t21-/m0/s1. The number of para-hydroxylation sites is 1. The molecule has 0 aliphatic rings. The van der Waals surface area contributed by atoms with Gasteiger partial charge in [-0.05, 0) is 74.9 Å². The molecule has 0 aromatic heterocycles. The highest BCUT2D eigenvalue weighted by molar-refractivity contribution is 7.92. The Balaban J connectivity index is 1.99. The fraction of sp³-hybridized carbons (Fsp3) is 0.286. The molecule has 38 heavy (non-hydrogen) atoms. The molecule has 0 aliphatic carbocycles. The number of hydrogen-bond acceptors (Lipinski definition) is 5. The number of anilines is 1. The van der Waals surface area contributed by atoms with Gasteiger partial charge in [0, 0.05) is 12.6 Å². The van der Waals surface area contributed by atoms with Crippen molar-refractivity contribution in [1.82, 2.24) is 10.2 Å². The van der Waals surface area contributed by atoms with Crippen LogP contribution in [0.2, 0.25) is 0 Å². The van der Waals surface area contributed by atoms with Gasteiger partial charge in [0.2, 0.25) is 11.8 Å². The van der Waals surface area contributed by atoms with Crippen LogP contribution < -0.4 is 14.4 Å². The minimum Gasteiger partial charge on any atom is -0.497 e. The zero-order valence-corrected chi connectivity index (χ0v) is 22.6. The zero-order chi connectivity index (χ0) is 27.9. The summed E-state index contributed by atoms with van der Waals surface area (Å²) in [5.74, 6) is -0.893. The topological polar surface area (TPSA) is 96.0 Å². The molecule has 2 amide bonds. The van der Waals surface area contributed by atoms with E-state index >= 15 is 0 Å². The third-order valence-corrected chi connectivity index (χ3v) is 7.62. The van der Waals surface area contributed by atoms with Crippen molar-refractivity contribution in [3.63, 3.8) is 0 Å². The van der Waals surface area contributed by atoms with E-state index in [2.05, 4.69) is 5.32 Å². The van der Waals surface area contributed by atoms with Gasteiger partial charge in [0.1, 0.15) is 24.2 Å². The maximum atomic E-state index is 13.8. The molecule has 1 atom stereocenters. The van der Waals surface area contributed by atoms with Crippen LogP contribution in [0.1, 0.15) is 26.3 Å². The molecule has 0 saturated heterocycles. The summed E-state index contributed by atoms with van der Waals surface area (Å²) in [5.41, 5.74) is 0.991. The summed E-state index contributed by atoms with van der Waals surface area (Å²) in [4.78, 5) is 27.9. The number of ether oxygens (including phenoxy) is 1. The first-order chi connectivity index (χ1) is 18.0. The second-order valence-electron chi connectivity index (χ2n) is 9.01. The van der Waals surface area contributed by atoms with Crippen LogP contribution in [0, 0.1) is 5.82 Å². The summed E-state index contributed by atoms with van der Waals surface area (Å²) < 4.78 is 46.9. The van der Waals surface area contributed by atoms with Crippen LogP contribution in [0.4, 0.5) is 10.1 Å². The van der Waals surface area contributed by atoms with E-state index < -0.39 is 34.3 Å². The van der Waals surface area contributed by atoms with Crippen LogP contribution in [0.5, 0.6) is 5.75 Å². The minimum atomic E-state index is -4.24. The Kier molecular flexibility index (Phi) is 9.46. The van der Waals surface area contributed by atoms with Crippen molar-refractivity contribution in [2.24, 2.45) is 0 Å². The molecule has 0 heterocycles. The van der Waals surface area contributed by atoms with E-state index in [1.54, 1.807) is 68.6 Å². The number of rotatable bonds is 11. The molecule has 0 spiro atoms. The van der Waals surface area contributed by atoms with Crippen molar-refractivity contribution in [3.8, 4) is 5.75 Å². The van der Waals surface area contributed by atoms with Crippen LogP contribution >= 0.6 is 0 Å². The average molecular weight is 542 g/mol. The molecule has 3 aromatic carbocycles. The molecule has 0 fully saturated rings. The van der Waals surface area contributed by atoms with E-state index in [4.69, 9.17) is 4.74 Å². The van der Waals surface area contributed by atoms with Crippen LogP contribution in [0.15, 0.2) is 83.8 Å². The van der Waals surface area contributed by atoms with E-state index in [9.17, 15) is 22.4 Å². The van der Waals surface area contributed by atoms with Crippen molar-refractivity contribution < 1.29 is 27.1 Å². The number of amides is 2. The molecule has 0 unspecified atom stereocenters. The highest BCUT2D eigenvalue weighted by atomic mass is 32.2. The number of carbonyl (C=O) groups is 2. The maximum Gasteiger partial charge on any atom is 0.264 e. The lowest BCUT2D eigenvalue weighted by atomic mass is 10.1. The molecule has 0 bridgehead atoms. The van der Waals surface area contributed by atoms with Crippen molar-refractivity contribution in [2.75, 3.05) is 18.0 Å². The number of hydrogen-bond donors (Lipinski definition) is 1.